The summed E-state index contributed by atoms with van der Waals surface area (Å²) in [5, 5.41) is 12.8. The number of nitrogens with zero attached hydrogens (tertiary/aromatic N) is 3. The van der Waals surface area contributed by atoms with Crippen LogP contribution in [-0.4, -0.2) is 77.6 Å². The number of fused-ring (bicyclic) bond motifs is 1. The Balaban J connectivity index is 1.31. The smallest absolute Gasteiger partial charge is 0.318 e. The largest absolute Gasteiger partial charge is 0.508 e. The van der Waals surface area contributed by atoms with Crippen LogP contribution in [0.3, 0.4) is 0 Å². The Morgan fingerprint density at radius 2 is 1.81 bits per heavy atom. The summed E-state index contributed by atoms with van der Waals surface area (Å²) in [4.78, 5) is 31.2. The van der Waals surface area contributed by atoms with Gasteiger partial charge in [0, 0.05) is 26.2 Å². The van der Waals surface area contributed by atoms with Crippen LogP contribution >= 0.6 is 0 Å². The van der Waals surface area contributed by atoms with Gasteiger partial charge in [-0.25, -0.2) is 4.79 Å². The first-order chi connectivity index (χ1) is 13.0. The van der Waals surface area contributed by atoms with Crippen LogP contribution in [0.5, 0.6) is 5.75 Å². The molecular formula is C20H28N4O3. The van der Waals surface area contributed by atoms with Crippen LogP contribution in [0.25, 0.3) is 0 Å². The number of aryl methyl sites for hydroxylation is 1. The van der Waals surface area contributed by atoms with Crippen LogP contribution in [0.15, 0.2) is 18.2 Å². The van der Waals surface area contributed by atoms with Gasteiger partial charge in [-0.05, 0) is 62.5 Å². The highest BCUT2D eigenvalue weighted by Crippen LogP contribution is 2.33. The molecule has 2 atom stereocenters. The lowest BCUT2D eigenvalue weighted by Gasteiger charge is -2.37. The number of phenolic OH excluding ortho intramolecular Hbond substituents is 1. The number of likely N-dealkylation sites (N-methyl/N-ethyl adjacent to an activating group) is 1. The molecule has 2 aliphatic heterocycles. The molecule has 0 aromatic heterocycles. The van der Waals surface area contributed by atoms with E-state index in [-0.39, 0.29) is 29.8 Å². The molecule has 1 aliphatic carbocycles. The predicted molar refractivity (Wildman–Crippen MR) is 102 cm³/mol. The zero-order valence-electron chi connectivity index (χ0n) is 15.9. The van der Waals surface area contributed by atoms with E-state index in [1.54, 1.807) is 17.0 Å². The van der Waals surface area contributed by atoms with E-state index in [0.29, 0.717) is 26.2 Å². The van der Waals surface area contributed by atoms with Gasteiger partial charge in [-0.3, -0.25) is 9.69 Å². The van der Waals surface area contributed by atoms with Gasteiger partial charge in [-0.1, -0.05) is 6.07 Å². The molecule has 2 saturated heterocycles. The Bertz CT molecular complexity index is 730. The summed E-state index contributed by atoms with van der Waals surface area (Å²) in [7, 11) is 2.01. The van der Waals surface area contributed by atoms with Gasteiger partial charge in [-0.15, -0.1) is 0 Å². The Morgan fingerprint density at radius 1 is 1.07 bits per heavy atom. The maximum absolute atomic E-state index is 12.7. The first-order valence-corrected chi connectivity index (χ1v) is 9.89. The molecule has 0 spiro atoms. The maximum atomic E-state index is 12.7. The van der Waals surface area contributed by atoms with Crippen molar-refractivity contribution in [1.29, 1.82) is 0 Å². The molecule has 1 aromatic carbocycles. The highest BCUT2D eigenvalue weighted by molar-refractivity contribution is 5.82. The van der Waals surface area contributed by atoms with Crippen molar-refractivity contribution in [3.8, 4) is 5.75 Å². The molecule has 7 heteroatoms. The highest BCUT2D eigenvalue weighted by Gasteiger charge is 2.34. The van der Waals surface area contributed by atoms with E-state index in [1.165, 1.54) is 5.56 Å². The van der Waals surface area contributed by atoms with Crippen molar-refractivity contribution in [2.75, 3.05) is 39.8 Å². The number of hydrogen-bond donors (Lipinski definition) is 2. The fourth-order valence-corrected chi connectivity index (χ4v) is 4.54. The quantitative estimate of drug-likeness (QED) is 0.821. The number of benzene rings is 1. The number of rotatable bonds is 2. The number of piperazine rings is 1. The number of likely N-dealkylation sites (tertiary alicyclic amines) is 1. The van der Waals surface area contributed by atoms with Crippen LogP contribution in [0.4, 0.5) is 4.79 Å². The number of hydrogen-bond acceptors (Lipinski definition) is 4. The van der Waals surface area contributed by atoms with Gasteiger partial charge in [0.25, 0.3) is 0 Å². The van der Waals surface area contributed by atoms with Gasteiger partial charge in [-0.2, -0.15) is 0 Å². The van der Waals surface area contributed by atoms with Crippen molar-refractivity contribution in [2.45, 2.75) is 37.8 Å². The number of amides is 3. The van der Waals surface area contributed by atoms with Crippen molar-refractivity contribution >= 4 is 11.9 Å². The zero-order valence-corrected chi connectivity index (χ0v) is 15.9. The molecule has 0 radical (unpaired) electrons. The lowest BCUT2D eigenvalue weighted by atomic mass is 10.1. The lowest BCUT2D eigenvalue weighted by molar-refractivity contribution is -0.137. The number of aromatic hydroxyl groups is 1. The van der Waals surface area contributed by atoms with Crippen LogP contribution < -0.4 is 5.32 Å². The standard InChI is InChI=1S/C20H28N4O3/c1-22-8-2-3-18(22)19(26)23-9-11-24(12-10-23)20(27)21-17-7-5-14-4-6-15(25)13-16(14)17/h4,6,13,17-18,25H,2-3,5,7-12H2,1H3,(H,21,27). The van der Waals surface area contributed by atoms with E-state index in [0.717, 1.165) is 37.8 Å². The summed E-state index contributed by atoms with van der Waals surface area (Å²) < 4.78 is 0. The number of phenols is 1. The molecule has 2 heterocycles. The van der Waals surface area contributed by atoms with Crippen molar-refractivity contribution in [3.05, 3.63) is 29.3 Å². The Kier molecular flexibility index (Phi) is 4.95. The van der Waals surface area contributed by atoms with Gasteiger partial charge in [0.05, 0.1) is 12.1 Å². The molecule has 0 bridgehead atoms. The number of carbonyl (C=O) groups is 2. The molecule has 7 nitrogen and oxygen atoms in total. The average molecular weight is 372 g/mol. The fraction of sp³-hybridized carbons (Fsp3) is 0.600. The summed E-state index contributed by atoms with van der Waals surface area (Å²) in [5.41, 5.74) is 2.20. The molecule has 1 aromatic rings. The Morgan fingerprint density at radius 3 is 2.52 bits per heavy atom. The van der Waals surface area contributed by atoms with E-state index >= 15 is 0 Å². The minimum absolute atomic E-state index is 0.00745. The highest BCUT2D eigenvalue weighted by atomic mass is 16.3. The van der Waals surface area contributed by atoms with Gasteiger partial charge >= 0.3 is 6.03 Å². The normalized spacial score (nSPS) is 25.5. The number of carbonyl (C=O) groups excluding carboxylic acids is 2. The number of urea groups is 1. The third kappa shape index (κ3) is 3.60. The fourth-order valence-electron chi connectivity index (χ4n) is 4.54. The van der Waals surface area contributed by atoms with Gasteiger partial charge in [0.1, 0.15) is 5.75 Å². The molecule has 27 heavy (non-hydrogen) atoms. The summed E-state index contributed by atoms with van der Waals surface area (Å²) in [6, 6.07) is 5.25. The minimum atomic E-state index is -0.0822. The second-order valence-electron chi connectivity index (χ2n) is 7.87. The molecule has 3 aliphatic rings. The number of nitrogens with one attached hydrogen (secondary N) is 1. The topological polar surface area (TPSA) is 76.1 Å². The molecule has 0 saturated carbocycles. The summed E-state index contributed by atoms with van der Waals surface area (Å²) in [6.45, 7) is 3.30. The van der Waals surface area contributed by atoms with Crippen molar-refractivity contribution in [1.82, 2.24) is 20.0 Å². The molecule has 2 unspecified atom stereocenters. The Labute approximate surface area is 159 Å². The van der Waals surface area contributed by atoms with Crippen molar-refractivity contribution in [2.24, 2.45) is 0 Å². The van der Waals surface area contributed by atoms with Crippen molar-refractivity contribution < 1.29 is 14.7 Å². The van der Waals surface area contributed by atoms with Crippen LogP contribution in [0.1, 0.15) is 36.4 Å². The molecule has 146 valence electrons. The van der Waals surface area contributed by atoms with E-state index in [4.69, 9.17) is 0 Å². The van der Waals surface area contributed by atoms with Gasteiger partial charge in [0.15, 0.2) is 0 Å². The lowest BCUT2D eigenvalue weighted by Crippen LogP contribution is -2.56. The van der Waals surface area contributed by atoms with E-state index in [2.05, 4.69) is 10.2 Å². The Hall–Kier alpha value is -2.28. The zero-order chi connectivity index (χ0) is 19.0. The first kappa shape index (κ1) is 18.1. The maximum Gasteiger partial charge on any atom is 0.318 e. The predicted octanol–water partition coefficient (Wildman–Crippen LogP) is 1.33. The summed E-state index contributed by atoms with van der Waals surface area (Å²) >= 11 is 0. The monoisotopic (exact) mass is 372 g/mol. The third-order valence-electron chi connectivity index (χ3n) is 6.19. The SMILES string of the molecule is CN1CCCC1C(=O)N1CCN(C(=O)NC2CCc3ccc(O)cc32)CC1. The first-order valence-electron chi connectivity index (χ1n) is 9.89. The molecule has 2 fully saturated rings. The second-order valence-corrected chi connectivity index (χ2v) is 7.87. The van der Waals surface area contributed by atoms with Crippen LogP contribution in [-0.2, 0) is 11.2 Å². The van der Waals surface area contributed by atoms with Crippen molar-refractivity contribution in [3.63, 3.8) is 0 Å². The summed E-state index contributed by atoms with van der Waals surface area (Å²) in [6.07, 6.45) is 3.78. The minimum Gasteiger partial charge on any atom is -0.508 e. The van der Waals surface area contributed by atoms with Gasteiger partial charge in [0.2, 0.25) is 5.91 Å². The molecule has 3 amide bonds. The van der Waals surface area contributed by atoms with E-state index < -0.39 is 0 Å². The molecule has 4 rings (SSSR count). The van der Waals surface area contributed by atoms with Crippen LogP contribution in [0, 0.1) is 0 Å². The molecule has 2 N–H and O–H groups in total. The third-order valence-corrected chi connectivity index (χ3v) is 6.19. The summed E-state index contributed by atoms with van der Waals surface area (Å²) in [5.74, 6) is 0.439. The molecular weight excluding hydrogens is 344 g/mol. The average Bonchev–Trinajstić information content (AvgIpc) is 3.27. The van der Waals surface area contributed by atoms with Crippen LogP contribution in [0.2, 0.25) is 0 Å². The van der Waals surface area contributed by atoms with E-state index in [9.17, 15) is 14.7 Å². The van der Waals surface area contributed by atoms with E-state index in [1.807, 2.05) is 18.0 Å². The second kappa shape index (κ2) is 7.38. The van der Waals surface area contributed by atoms with Gasteiger partial charge < -0.3 is 20.2 Å².